The third-order valence-corrected chi connectivity index (χ3v) is 17.3. The zero-order valence-electron chi connectivity index (χ0n) is 27.4. The van der Waals surface area contributed by atoms with E-state index in [9.17, 15) is 0 Å². The first-order valence-corrected chi connectivity index (χ1v) is 19.3. The van der Waals surface area contributed by atoms with E-state index in [0.717, 1.165) is 6.42 Å². The molecule has 0 saturated heterocycles. The molecule has 2 aliphatic rings. The molecule has 6 rings (SSSR count). The standard InChI is InChI=1S/C21H25.C15H14.C5H5.2ClH.Zr/c1-20(2,3)16-7-9-18-14(12-16)11-15-13-17(21(4,5)6)8-10-19(15)18;1-12-5-3-7-14(9-12)11-15-8-4-6-13(2)10-15;1-2-4-5-3-1;;;/h7-13H,1-6H3;3-10H,1-2H3;1-3H,4H2;2*1H;. The van der Waals surface area contributed by atoms with Crippen molar-refractivity contribution >= 4 is 28.0 Å². The Balaban J connectivity index is 0.00000221. The van der Waals surface area contributed by atoms with Crippen molar-refractivity contribution in [3.05, 3.63) is 151 Å². The van der Waals surface area contributed by atoms with Gasteiger partial charge < -0.3 is 0 Å². The van der Waals surface area contributed by atoms with Gasteiger partial charge in [-0.1, -0.05) is 0 Å². The van der Waals surface area contributed by atoms with Crippen molar-refractivity contribution in [3.63, 3.8) is 0 Å². The number of benzene rings is 4. The molecule has 0 bridgehead atoms. The van der Waals surface area contributed by atoms with Gasteiger partial charge >= 0.3 is 263 Å². The summed E-state index contributed by atoms with van der Waals surface area (Å²) in [6.07, 6.45) is 8.26. The Morgan fingerprint density at radius 1 is 0.636 bits per heavy atom. The van der Waals surface area contributed by atoms with Gasteiger partial charge in [0.1, 0.15) is 0 Å². The van der Waals surface area contributed by atoms with Crippen molar-refractivity contribution < 1.29 is 21.3 Å². The molecule has 0 saturated carbocycles. The van der Waals surface area contributed by atoms with Crippen LogP contribution in [0.4, 0.5) is 0 Å². The van der Waals surface area contributed by atoms with E-state index < -0.39 is 21.3 Å². The van der Waals surface area contributed by atoms with Crippen LogP contribution in [0.25, 0.3) is 11.1 Å². The molecule has 44 heavy (non-hydrogen) atoms. The van der Waals surface area contributed by atoms with Gasteiger partial charge in [0.15, 0.2) is 0 Å². The van der Waals surface area contributed by atoms with E-state index in [-0.39, 0.29) is 35.6 Å². The average Bonchev–Trinajstić information content (AvgIpc) is 3.57. The van der Waals surface area contributed by atoms with Crippen molar-refractivity contribution in [3.8, 4) is 11.1 Å². The predicted molar refractivity (Wildman–Crippen MR) is 193 cm³/mol. The number of allylic oxidation sites excluding steroid dienone is 4. The van der Waals surface area contributed by atoms with E-state index in [1.807, 2.05) is 0 Å². The van der Waals surface area contributed by atoms with Gasteiger partial charge in [0.05, 0.1) is 0 Å². The van der Waals surface area contributed by atoms with Crippen LogP contribution in [-0.4, -0.2) is 3.21 Å². The van der Waals surface area contributed by atoms with Crippen LogP contribution >= 0.6 is 24.8 Å². The summed E-state index contributed by atoms with van der Waals surface area (Å²) in [5, 5.41) is 0. The number of aryl methyl sites for hydroxylation is 2. The van der Waals surface area contributed by atoms with Crippen molar-refractivity contribution in [2.75, 3.05) is 0 Å². The third-order valence-electron chi connectivity index (χ3n) is 9.04. The minimum absolute atomic E-state index is 0. The minimum atomic E-state index is -2.71. The molecule has 4 aromatic rings. The van der Waals surface area contributed by atoms with Gasteiger partial charge in [-0.05, 0) is 0 Å². The number of halogens is 2. The molecule has 228 valence electrons. The molecule has 0 heterocycles. The van der Waals surface area contributed by atoms with Gasteiger partial charge in [0, 0.05) is 0 Å². The smallest absolute Gasteiger partial charge is 0.147 e. The molecule has 0 amide bonds. The van der Waals surface area contributed by atoms with Gasteiger partial charge in [0.2, 0.25) is 0 Å². The van der Waals surface area contributed by atoms with Crippen molar-refractivity contribution in [2.24, 2.45) is 0 Å². The second-order valence-corrected chi connectivity index (χ2v) is 20.6. The van der Waals surface area contributed by atoms with Gasteiger partial charge in [0.25, 0.3) is 0 Å². The molecule has 0 N–H and O–H groups in total. The molecule has 0 aliphatic heterocycles. The van der Waals surface area contributed by atoms with E-state index in [1.165, 1.54) is 44.5 Å². The van der Waals surface area contributed by atoms with E-state index in [4.69, 9.17) is 0 Å². The molecule has 0 spiro atoms. The molecule has 0 unspecified atom stereocenters. The van der Waals surface area contributed by atoms with Crippen LogP contribution in [-0.2, 0) is 32.1 Å². The summed E-state index contributed by atoms with van der Waals surface area (Å²) in [5.41, 5.74) is 14.6. The maximum absolute atomic E-state index is 2.71. The van der Waals surface area contributed by atoms with Crippen LogP contribution in [0.5, 0.6) is 0 Å². The van der Waals surface area contributed by atoms with Crippen LogP contribution in [0.15, 0.2) is 106 Å². The van der Waals surface area contributed by atoms with Gasteiger partial charge in [-0.15, -0.1) is 24.8 Å². The van der Waals surface area contributed by atoms with Gasteiger partial charge in [-0.3, -0.25) is 0 Å². The summed E-state index contributed by atoms with van der Waals surface area (Å²) in [4.78, 5) is 0. The Bertz CT molecular complexity index is 1680. The monoisotopic (exact) mass is 698 g/mol. The first-order valence-electron chi connectivity index (χ1n) is 15.5. The molecule has 0 atom stereocenters. The van der Waals surface area contributed by atoms with Gasteiger partial charge in [-0.25, -0.2) is 0 Å². The molecule has 0 radical (unpaired) electrons. The second kappa shape index (κ2) is 13.2. The van der Waals surface area contributed by atoms with E-state index in [0.29, 0.717) is 3.63 Å². The zero-order valence-corrected chi connectivity index (χ0v) is 31.5. The summed E-state index contributed by atoms with van der Waals surface area (Å²) in [7, 11) is 0. The maximum atomic E-state index is 2.59. The molecule has 2 aliphatic carbocycles. The molecule has 0 fully saturated rings. The molecule has 0 aromatic heterocycles. The number of hydrogen-bond donors (Lipinski definition) is 0. The quantitative estimate of drug-likeness (QED) is 0.199. The van der Waals surface area contributed by atoms with Crippen molar-refractivity contribution in [1.82, 2.24) is 0 Å². The van der Waals surface area contributed by atoms with Crippen LogP contribution in [0, 0.1) is 13.8 Å². The predicted octanol–water partition coefficient (Wildman–Crippen LogP) is 11.5. The number of fused-ring (bicyclic) bond motifs is 3. The Morgan fingerprint density at radius 3 is 1.50 bits per heavy atom. The molecular weight excluding hydrogens is 655 g/mol. The largest absolute Gasteiger partial charge is 0.147 e. The average molecular weight is 701 g/mol. The molecule has 0 nitrogen and oxygen atoms in total. The third kappa shape index (κ3) is 6.63. The topological polar surface area (TPSA) is 0 Å². The fraction of sp³-hybridized carbons (Fsp3) is 0.293. The van der Waals surface area contributed by atoms with Crippen LogP contribution < -0.4 is 0 Å². The Kier molecular flexibility index (Phi) is 10.4. The Morgan fingerprint density at radius 2 is 1.11 bits per heavy atom. The molecule has 4 aromatic carbocycles. The normalized spacial score (nSPS) is 13.9. The van der Waals surface area contributed by atoms with Crippen molar-refractivity contribution in [1.29, 1.82) is 0 Å². The fourth-order valence-corrected chi connectivity index (χ4v) is 15.6. The van der Waals surface area contributed by atoms with Crippen LogP contribution in [0.2, 0.25) is 0 Å². The number of rotatable bonds is 4. The fourth-order valence-electron chi connectivity index (χ4n) is 6.72. The van der Waals surface area contributed by atoms with Crippen LogP contribution in [0.1, 0.15) is 96.1 Å². The summed E-state index contributed by atoms with van der Waals surface area (Å²) < 4.78 is 3.75. The first kappa shape index (κ1) is 34.6. The summed E-state index contributed by atoms with van der Waals surface area (Å²) in [6, 6.07) is 33.4. The van der Waals surface area contributed by atoms with Gasteiger partial charge in [-0.2, -0.15) is 0 Å². The summed E-state index contributed by atoms with van der Waals surface area (Å²) in [6.45, 7) is 18.6. The summed E-state index contributed by atoms with van der Waals surface area (Å²) in [5.74, 6) is 0. The van der Waals surface area contributed by atoms with E-state index >= 15 is 0 Å². The maximum Gasteiger partial charge on any atom is -0.147 e. The SMILES string of the molecule is Cc1cccc([C](c2cccc(C)c2)=[Zr]([C]2=CC=CC2)[CH]2c3cc(C(C)(C)C)ccc3-c3ccc(C(C)(C)C)cc32)c1.Cl.Cl. The Hall–Kier alpha value is -2.31. The second-order valence-electron chi connectivity index (χ2n) is 14.4. The molecule has 3 heteroatoms. The molecular formula is C41H46Cl2Zr. The van der Waals surface area contributed by atoms with Crippen molar-refractivity contribution in [2.45, 2.75) is 76.3 Å². The number of hydrogen-bond acceptors (Lipinski definition) is 0. The minimum Gasteiger partial charge on any atom is -0.147 e. The Labute approximate surface area is 285 Å². The summed E-state index contributed by atoms with van der Waals surface area (Å²) >= 11 is -2.71. The zero-order chi connectivity index (χ0) is 29.8. The van der Waals surface area contributed by atoms with E-state index in [2.05, 4.69) is 159 Å². The first-order chi connectivity index (χ1) is 19.9. The van der Waals surface area contributed by atoms with Crippen LogP contribution in [0.3, 0.4) is 0 Å². The van der Waals surface area contributed by atoms with E-state index in [1.54, 1.807) is 17.6 Å².